The van der Waals surface area contributed by atoms with Crippen LogP contribution in [-0.4, -0.2) is 88.4 Å². The number of nitrogens with zero attached hydrogens (tertiary/aromatic N) is 1. The van der Waals surface area contributed by atoms with Gasteiger partial charge in [0.25, 0.3) is 0 Å². The van der Waals surface area contributed by atoms with Gasteiger partial charge in [0.15, 0.2) is 6.29 Å². The summed E-state index contributed by atoms with van der Waals surface area (Å²) in [5, 5.41) is 29.0. The molecule has 0 aromatic rings. The molecular weight excluding hydrogens is 308 g/mol. The van der Waals surface area contributed by atoms with Crippen molar-refractivity contribution in [3.8, 4) is 0 Å². The smallest absolute Gasteiger partial charge is 0.220 e. The van der Waals surface area contributed by atoms with Crippen LogP contribution in [0.5, 0.6) is 0 Å². The van der Waals surface area contributed by atoms with Gasteiger partial charge in [0.1, 0.15) is 24.6 Å². The summed E-state index contributed by atoms with van der Waals surface area (Å²) < 4.78 is 10.6. The van der Waals surface area contributed by atoms with Gasteiger partial charge in [-0.3, -0.25) is 4.79 Å². The normalized spacial score (nSPS) is 33.8. The first-order valence-electron chi connectivity index (χ1n) is 7.48. The molecule has 0 aromatic heterocycles. The largest absolute Gasteiger partial charge is 0.394 e. The monoisotopic (exact) mass is 334 g/mol. The molecule has 23 heavy (non-hydrogen) atoms. The molecule has 0 aromatic carbocycles. The van der Waals surface area contributed by atoms with E-state index >= 15 is 0 Å². The summed E-state index contributed by atoms with van der Waals surface area (Å²) in [7, 11) is 0. The van der Waals surface area contributed by atoms with Gasteiger partial charge in [0.05, 0.1) is 24.8 Å². The van der Waals surface area contributed by atoms with E-state index in [1.54, 1.807) is 13.8 Å². The van der Waals surface area contributed by atoms with Crippen LogP contribution in [-0.2, 0) is 19.1 Å². The van der Waals surface area contributed by atoms with Crippen molar-refractivity contribution in [2.75, 3.05) is 13.2 Å². The van der Waals surface area contributed by atoms with Crippen molar-refractivity contribution in [3.05, 3.63) is 0 Å². The van der Waals surface area contributed by atoms with E-state index < -0.39 is 49.4 Å². The Morgan fingerprint density at radius 3 is 2.52 bits per heavy atom. The highest BCUT2D eigenvalue weighted by atomic mass is 16.6. The zero-order valence-corrected chi connectivity index (χ0v) is 13.5. The minimum Gasteiger partial charge on any atom is -0.394 e. The Hall–Kier alpha value is -1.10. The van der Waals surface area contributed by atoms with Gasteiger partial charge in [-0.25, -0.2) is 0 Å². The first kappa shape index (κ1) is 19.9. The van der Waals surface area contributed by atoms with Gasteiger partial charge in [0, 0.05) is 13.5 Å². The van der Waals surface area contributed by atoms with Crippen LogP contribution in [0.4, 0.5) is 0 Å². The fraction of sp³-hybridized carbons (Fsp3) is 0.857. The number of aldehydes is 1. The van der Waals surface area contributed by atoms with Gasteiger partial charge in [-0.05, 0) is 13.8 Å². The highest BCUT2D eigenvalue weighted by Gasteiger charge is 2.44. The van der Waals surface area contributed by atoms with E-state index in [-0.39, 0.29) is 12.5 Å². The molecule has 1 aliphatic rings. The standard InChI is InChI=1S/C14H26N2O7/c1-7(5-17)16(9(3)19)4-8(2)22-13-11(15)14(21)23-10(6-18)12(13)20/h5,7-8,10-14,18,20-21H,4,6,15H2,1-3H3/t7-,8?,10+,11+,12+,13+,14-/m0/s1. The summed E-state index contributed by atoms with van der Waals surface area (Å²) in [6, 6.07) is -1.62. The van der Waals surface area contributed by atoms with Gasteiger partial charge >= 0.3 is 0 Å². The maximum Gasteiger partial charge on any atom is 0.220 e. The molecule has 0 bridgehead atoms. The van der Waals surface area contributed by atoms with Gasteiger partial charge < -0.3 is 40.2 Å². The highest BCUT2D eigenvalue weighted by molar-refractivity contribution is 5.77. The molecular formula is C14H26N2O7. The average Bonchev–Trinajstić information content (AvgIpc) is 2.51. The number of carbonyl (C=O) groups excluding carboxylic acids is 2. The molecule has 9 nitrogen and oxygen atoms in total. The quantitative estimate of drug-likeness (QED) is 0.377. The lowest BCUT2D eigenvalue weighted by atomic mass is 9.97. The maximum atomic E-state index is 11.6. The first-order chi connectivity index (χ1) is 10.7. The second-order valence-corrected chi connectivity index (χ2v) is 5.77. The van der Waals surface area contributed by atoms with E-state index in [4.69, 9.17) is 20.3 Å². The van der Waals surface area contributed by atoms with E-state index in [1.807, 2.05) is 0 Å². The third-order valence-corrected chi connectivity index (χ3v) is 3.86. The Morgan fingerprint density at radius 1 is 1.43 bits per heavy atom. The summed E-state index contributed by atoms with van der Waals surface area (Å²) in [5.74, 6) is -0.287. The molecule has 1 saturated heterocycles. The lowest BCUT2D eigenvalue weighted by molar-refractivity contribution is -0.263. The van der Waals surface area contributed by atoms with Crippen molar-refractivity contribution >= 4 is 12.2 Å². The molecule has 1 aliphatic heterocycles. The lowest BCUT2D eigenvalue weighted by Crippen LogP contribution is -2.63. The number of amides is 1. The topological polar surface area (TPSA) is 143 Å². The third-order valence-electron chi connectivity index (χ3n) is 3.86. The van der Waals surface area contributed by atoms with Crippen molar-refractivity contribution in [2.45, 2.75) is 63.6 Å². The maximum absolute atomic E-state index is 11.6. The lowest BCUT2D eigenvalue weighted by Gasteiger charge is -2.42. The molecule has 1 amide bonds. The Labute approximate surface area is 135 Å². The van der Waals surface area contributed by atoms with E-state index in [0.717, 1.165) is 0 Å². The predicted molar refractivity (Wildman–Crippen MR) is 79.2 cm³/mol. The summed E-state index contributed by atoms with van der Waals surface area (Å²) in [6.45, 7) is 4.20. The molecule has 9 heteroatoms. The summed E-state index contributed by atoms with van der Waals surface area (Å²) in [4.78, 5) is 23.8. The number of aliphatic hydroxyl groups excluding tert-OH is 3. The predicted octanol–water partition coefficient (Wildman–Crippen LogP) is -2.41. The minimum atomic E-state index is -1.38. The minimum absolute atomic E-state index is 0.117. The third kappa shape index (κ3) is 4.93. The average molecular weight is 334 g/mol. The molecule has 0 radical (unpaired) electrons. The Morgan fingerprint density at radius 2 is 2.04 bits per heavy atom. The molecule has 7 atom stereocenters. The second-order valence-electron chi connectivity index (χ2n) is 5.77. The van der Waals surface area contributed by atoms with Crippen LogP contribution in [0, 0.1) is 0 Å². The number of ether oxygens (including phenoxy) is 2. The molecule has 1 heterocycles. The van der Waals surface area contributed by atoms with Crippen molar-refractivity contribution in [2.24, 2.45) is 5.73 Å². The van der Waals surface area contributed by atoms with Crippen molar-refractivity contribution in [1.29, 1.82) is 0 Å². The molecule has 5 N–H and O–H groups in total. The van der Waals surface area contributed by atoms with Crippen LogP contribution in [0.3, 0.4) is 0 Å². The van der Waals surface area contributed by atoms with E-state index in [0.29, 0.717) is 6.29 Å². The summed E-state index contributed by atoms with van der Waals surface area (Å²) in [5.41, 5.74) is 5.78. The Kier molecular flexibility index (Phi) is 7.52. The zero-order valence-electron chi connectivity index (χ0n) is 13.5. The number of hydrogen-bond donors (Lipinski definition) is 4. The molecule has 0 aliphatic carbocycles. The molecule has 0 spiro atoms. The number of nitrogens with two attached hydrogens (primary N) is 1. The van der Waals surface area contributed by atoms with Crippen molar-refractivity contribution in [1.82, 2.24) is 4.90 Å². The number of rotatable bonds is 7. The Balaban J connectivity index is 2.75. The fourth-order valence-corrected chi connectivity index (χ4v) is 2.52. The van der Waals surface area contributed by atoms with Crippen LogP contribution < -0.4 is 5.73 Å². The first-order valence-corrected chi connectivity index (χ1v) is 7.48. The summed E-state index contributed by atoms with van der Waals surface area (Å²) in [6.07, 6.45) is -4.52. The molecule has 1 unspecified atom stereocenters. The van der Waals surface area contributed by atoms with Crippen LogP contribution in [0.1, 0.15) is 20.8 Å². The molecule has 1 rings (SSSR count). The van der Waals surface area contributed by atoms with Crippen molar-refractivity contribution in [3.63, 3.8) is 0 Å². The van der Waals surface area contributed by atoms with Crippen molar-refractivity contribution < 1.29 is 34.4 Å². The SMILES string of the molecule is CC(=O)N(CC(C)O[C@@H]1[C@@H](N)[C@@H](O)O[C@H](CO)[C@H]1O)[C@@H](C)C=O. The fourth-order valence-electron chi connectivity index (χ4n) is 2.52. The van der Waals surface area contributed by atoms with Gasteiger partial charge in [-0.2, -0.15) is 0 Å². The van der Waals surface area contributed by atoms with Gasteiger partial charge in [0.2, 0.25) is 5.91 Å². The zero-order chi connectivity index (χ0) is 17.7. The van der Waals surface area contributed by atoms with Crippen LogP contribution in [0.2, 0.25) is 0 Å². The molecule has 0 saturated carbocycles. The van der Waals surface area contributed by atoms with Gasteiger partial charge in [-0.1, -0.05) is 0 Å². The van der Waals surface area contributed by atoms with Crippen LogP contribution in [0.25, 0.3) is 0 Å². The van der Waals surface area contributed by atoms with Crippen LogP contribution in [0.15, 0.2) is 0 Å². The second kappa shape index (κ2) is 8.67. The Bertz CT molecular complexity index is 409. The highest BCUT2D eigenvalue weighted by Crippen LogP contribution is 2.22. The van der Waals surface area contributed by atoms with E-state index in [9.17, 15) is 19.8 Å². The number of aliphatic hydroxyl groups is 3. The number of carbonyl (C=O) groups is 2. The molecule has 1 fully saturated rings. The van der Waals surface area contributed by atoms with E-state index in [2.05, 4.69) is 0 Å². The number of hydrogen-bond acceptors (Lipinski definition) is 8. The molecule has 134 valence electrons. The van der Waals surface area contributed by atoms with Gasteiger partial charge in [-0.15, -0.1) is 0 Å². The van der Waals surface area contributed by atoms with Crippen LogP contribution >= 0.6 is 0 Å². The summed E-state index contributed by atoms with van der Waals surface area (Å²) >= 11 is 0. The van der Waals surface area contributed by atoms with E-state index in [1.165, 1.54) is 11.8 Å².